The van der Waals surface area contributed by atoms with E-state index in [1.807, 2.05) is 0 Å². The SMILES string of the molecule is NCC(c1cccc(F)c1)C(O)c1c(F)cccc1Cl. The molecule has 0 spiro atoms. The van der Waals surface area contributed by atoms with Crippen LogP contribution in [0.1, 0.15) is 23.1 Å². The fraction of sp³-hybridized carbons (Fsp3) is 0.200. The molecule has 3 N–H and O–H groups in total. The molecule has 0 radical (unpaired) electrons. The van der Waals surface area contributed by atoms with Gasteiger partial charge >= 0.3 is 0 Å². The van der Waals surface area contributed by atoms with Crippen molar-refractivity contribution in [3.05, 3.63) is 70.2 Å². The highest BCUT2D eigenvalue weighted by atomic mass is 35.5. The van der Waals surface area contributed by atoms with Gasteiger partial charge in [-0.1, -0.05) is 29.8 Å². The zero-order chi connectivity index (χ0) is 14.7. The van der Waals surface area contributed by atoms with Crippen LogP contribution >= 0.6 is 11.6 Å². The molecule has 0 amide bonds. The highest BCUT2D eigenvalue weighted by molar-refractivity contribution is 6.31. The van der Waals surface area contributed by atoms with E-state index in [2.05, 4.69) is 0 Å². The van der Waals surface area contributed by atoms with Crippen LogP contribution in [0, 0.1) is 11.6 Å². The molecule has 0 heterocycles. The highest BCUT2D eigenvalue weighted by Crippen LogP contribution is 2.35. The zero-order valence-corrected chi connectivity index (χ0v) is 11.3. The first-order chi connectivity index (χ1) is 9.54. The number of aliphatic hydroxyl groups excluding tert-OH is 1. The maximum atomic E-state index is 13.8. The van der Waals surface area contributed by atoms with Crippen molar-refractivity contribution in [2.75, 3.05) is 6.54 Å². The first-order valence-corrected chi connectivity index (χ1v) is 6.50. The molecule has 0 aliphatic rings. The first-order valence-electron chi connectivity index (χ1n) is 6.12. The van der Waals surface area contributed by atoms with Crippen molar-refractivity contribution < 1.29 is 13.9 Å². The Morgan fingerprint density at radius 3 is 2.45 bits per heavy atom. The average Bonchev–Trinajstić information content (AvgIpc) is 2.39. The minimum absolute atomic E-state index is 0.0196. The second-order valence-corrected chi connectivity index (χ2v) is 4.88. The lowest BCUT2D eigenvalue weighted by atomic mass is 9.89. The van der Waals surface area contributed by atoms with Crippen molar-refractivity contribution in [3.8, 4) is 0 Å². The molecule has 106 valence electrons. The number of aliphatic hydroxyl groups is 1. The third-order valence-electron chi connectivity index (χ3n) is 3.21. The summed E-state index contributed by atoms with van der Waals surface area (Å²) in [6.07, 6.45) is -1.24. The van der Waals surface area contributed by atoms with Crippen molar-refractivity contribution in [1.29, 1.82) is 0 Å². The predicted molar refractivity (Wildman–Crippen MR) is 74.6 cm³/mol. The van der Waals surface area contributed by atoms with Gasteiger partial charge < -0.3 is 10.8 Å². The molecular formula is C15H14ClF2NO. The highest BCUT2D eigenvalue weighted by Gasteiger charge is 2.26. The van der Waals surface area contributed by atoms with Crippen LogP contribution in [0.25, 0.3) is 0 Å². The Hall–Kier alpha value is -1.49. The molecule has 2 nitrogen and oxygen atoms in total. The summed E-state index contributed by atoms with van der Waals surface area (Å²) in [4.78, 5) is 0. The number of hydrogen-bond acceptors (Lipinski definition) is 2. The Morgan fingerprint density at radius 1 is 1.15 bits per heavy atom. The van der Waals surface area contributed by atoms with E-state index >= 15 is 0 Å². The molecule has 5 heteroatoms. The molecule has 2 unspecified atom stereocenters. The normalized spacial score (nSPS) is 14.1. The number of nitrogens with two attached hydrogens (primary N) is 1. The van der Waals surface area contributed by atoms with Crippen molar-refractivity contribution in [2.24, 2.45) is 5.73 Å². The number of rotatable bonds is 4. The van der Waals surface area contributed by atoms with Crippen LogP contribution in [0.4, 0.5) is 8.78 Å². The number of hydrogen-bond donors (Lipinski definition) is 2. The van der Waals surface area contributed by atoms with E-state index in [0.29, 0.717) is 5.56 Å². The molecule has 2 aromatic rings. The summed E-state index contributed by atoms with van der Waals surface area (Å²) in [6.45, 7) is 0.0370. The molecular weight excluding hydrogens is 284 g/mol. The van der Waals surface area contributed by atoms with Gasteiger partial charge in [-0.2, -0.15) is 0 Å². The van der Waals surface area contributed by atoms with Crippen LogP contribution in [-0.2, 0) is 0 Å². The Morgan fingerprint density at radius 2 is 1.85 bits per heavy atom. The third-order valence-corrected chi connectivity index (χ3v) is 3.54. The Balaban J connectivity index is 2.41. The van der Waals surface area contributed by atoms with E-state index in [0.717, 1.165) is 0 Å². The summed E-state index contributed by atoms with van der Waals surface area (Å²) in [5, 5.41) is 10.5. The Kier molecular flexibility index (Phi) is 4.70. The van der Waals surface area contributed by atoms with Crippen LogP contribution in [0.2, 0.25) is 5.02 Å². The van der Waals surface area contributed by atoms with Gasteiger partial charge in [0.05, 0.1) is 6.10 Å². The predicted octanol–water partition coefficient (Wildman–Crippen LogP) is 3.39. The van der Waals surface area contributed by atoms with Gasteiger partial charge in [0, 0.05) is 23.0 Å². The van der Waals surface area contributed by atoms with Gasteiger partial charge in [-0.3, -0.25) is 0 Å². The van der Waals surface area contributed by atoms with Gasteiger partial charge in [-0.25, -0.2) is 8.78 Å². The maximum absolute atomic E-state index is 13.8. The van der Waals surface area contributed by atoms with Crippen LogP contribution < -0.4 is 5.73 Å². The number of benzene rings is 2. The van der Waals surface area contributed by atoms with E-state index in [1.54, 1.807) is 6.07 Å². The van der Waals surface area contributed by atoms with Gasteiger partial charge in [-0.05, 0) is 29.8 Å². The topological polar surface area (TPSA) is 46.2 Å². The Bertz CT molecular complexity index is 586. The van der Waals surface area contributed by atoms with Gasteiger partial charge in [-0.15, -0.1) is 0 Å². The molecule has 2 atom stereocenters. The average molecular weight is 298 g/mol. The van der Waals surface area contributed by atoms with Gasteiger partial charge in [0.1, 0.15) is 11.6 Å². The Labute approximate surface area is 120 Å². The van der Waals surface area contributed by atoms with Crippen molar-refractivity contribution in [2.45, 2.75) is 12.0 Å². The van der Waals surface area contributed by atoms with Crippen LogP contribution in [0.15, 0.2) is 42.5 Å². The second kappa shape index (κ2) is 6.31. The van der Waals surface area contributed by atoms with Crippen LogP contribution in [0.3, 0.4) is 0 Å². The summed E-state index contributed by atoms with van der Waals surface area (Å²) in [5.41, 5.74) is 6.13. The fourth-order valence-electron chi connectivity index (χ4n) is 2.18. The standard InChI is InChI=1S/C15H14ClF2NO/c16-12-5-2-6-13(18)14(12)15(20)11(8-19)9-3-1-4-10(17)7-9/h1-7,11,15,20H,8,19H2. The lowest BCUT2D eigenvalue weighted by Gasteiger charge is -2.23. The van der Waals surface area contributed by atoms with E-state index in [1.165, 1.54) is 36.4 Å². The second-order valence-electron chi connectivity index (χ2n) is 4.48. The monoisotopic (exact) mass is 297 g/mol. The molecule has 0 saturated heterocycles. The largest absolute Gasteiger partial charge is 0.388 e. The lowest BCUT2D eigenvalue weighted by molar-refractivity contribution is 0.143. The lowest BCUT2D eigenvalue weighted by Crippen LogP contribution is -2.21. The minimum atomic E-state index is -1.24. The summed E-state index contributed by atoms with van der Waals surface area (Å²) >= 11 is 5.93. The molecule has 0 aliphatic carbocycles. The van der Waals surface area contributed by atoms with E-state index in [-0.39, 0.29) is 17.1 Å². The third kappa shape index (κ3) is 2.98. The fourth-order valence-corrected chi connectivity index (χ4v) is 2.45. The van der Waals surface area contributed by atoms with Gasteiger partial charge in [0.25, 0.3) is 0 Å². The summed E-state index contributed by atoms with van der Waals surface area (Å²) < 4.78 is 27.1. The van der Waals surface area contributed by atoms with Crippen molar-refractivity contribution >= 4 is 11.6 Å². The molecule has 0 aromatic heterocycles. The summed E-state index contributed by atoms with van der Waals surface area (Å²) in [7, 11) is 0. The van der Waals surface area contributed by atoms with Crippen LogP contribution in [-0.4, -0.2) is 11.7 Å². The zero-order valence-electron chi connectivity index (χ0n) is 10.6. The first kappa shape index (κ1) is 14.9. The van der Waals surface area contributed by atoms with Crippen molar-refractivity contribution in [3.63, 3.8) is 0 Å². The molecule has 2 aromatic carbocycles. The molecule has 0 aliphatic heterocycles. The van der Waals surface area contributed by atoms with Gasteiger partial charge in [0.2, 0.25) is 0 Å². The molecule has 2 rings (SSSR count). The van der Waals surface area contributed by atoms with Crippen LogP contribution in [0.5, 0.6) is 0 Å². The minimum Gasteiger partial charge on any atom is -0.388 e. The molecule has 0 fully saturated rings. The van der Waals surface area contributed by atoms with E-state index in [9.17, 15) is 13.9 Å². The summed E-state index contributed by atoms with van der Waals surface area (Å²) in [6, 6.07) is 9.87. The molecule has 20 heavy (non-hydrogen) atoms. The van der Waals surface area contributed by atoms with Crippen molar-refractivity contribution in [1.82, 2.24) is 0 Å². The van der Waals surface area contributed by atoms with E-state index < -0.39 is 23.7 Å². The molecule has 0 bridgehead atoms. The quantitative estimate of drug-likeness (QED) is 0.908. The molecule has 0 saturated carbocycles. The smallest absolute Gasteiger partial charge is 0.130 e. The summed E-state index contributed by atoms with van der Waals surface area (Å²) in [5.74, 6) is -1.69. The number of halogens is 3. The van der Waals surface area contributed by atoms with Gasteiger partial charge in [0.15, 0.2) is 0 Å². The van der Waals surface area contributed by atoms with E-state index in [4.69, 9.17) is 17.3 Å². The maximum Gasteiger partial charge on any atom is 0.130 e.